The second-order valence-corrected chi connectivity index (χ2v) is 4.30. The largest absolute Gasteiger partial charge is 0.504 e. The third-order valence-electron chi connectivity index (χ3n) is 3.04. The minimum Gasteiger partial charge on any atom is -0.504 e. The summed E-state index contributed by atoms with van der Waals surface area (Å²) in [6, 6.07) is 12.1. The van der Waals surface area contributed by atoms with Crippen molar-refractivity contribution in [3.8, 4) is 17.2 Å². The zero-order valence-electron chi connectivity index (χ0n) is 9.95. The molecule has 2 aromatic carbocycles. The van der Waals surface area contributed by atoms with Crippen molar-refractivity contribution in [3.05, 3.63) is 59.7 Å². The van der Waals surface area contributed by atoms with Crippen LogP contribution in [0.3, 0.4) is 0 Å². The van der Waals surface area contributed by atoms with Gasteiger partial charge >= 0.3 is 0 Å². The smallest absolute Gasteiger partial charge is 0.201 e. The molecule has 0 saturated carbocycles. The van der Waals surface area contributed by atoms with Crippen molar-refractivity contribution in [1.29, 1.82) is 0 Å². The number of fused-ring (bicyclic) bond motifs is 1. The summed E-state index contributed by atoms with van der Waals surface area (Å²) in [5.41, 5.74) is 1.21. The van der Waals surface area contributed by atoms with Crippen molar-refractivity contribution in [2.45, 2.75) is 6.10 Å². The summed E-state index contributed by atoms with van der Waals surface area (Å²) in [6.45, 7) is 0. The van der Waals surface area contributed by atoms with E-state index in [-0.39, 0.29) is 17.2 Å². The number of benzene rings is 2. The van der Waals surface area contributed by atoms with E-state index in [4.69, 9.17) is 4.74 Å². The van der Waals surface area contributed by atoms with Gasteiger partial charge in [0.1, 0.15) is 11.9 Å². The Balaban J connectivity index is 2.08. The van der Waals surface area contributed by atoms with Gasteiger partial charge in [-0.15, -0.1) is 0 Å². The van der Waals surface area contributed by atoms with Gasteiger partial charge in [-0.2, -0.15) is 0 Å². The molecule has 1 unspecified atom stereocenters. The molecule has 3 rings (SSSR count). The highest BCUT2D eigenvalue weighted by atomic mass is 16.5. The van der Waals surface area contributed by atoms with Crippen LogP contribution in [0.2, 0.25) is 0 Å². The number of rotatable bonds is 1. The molecule has 19 heavy (non-hydrogen) atoms. The molecule has 4 heteroatoms. The van der Waals surface area contributed by atoms with E-state index >= 15 is 0 Å². The van der Waals surface area contributed by atoms with Gasteiger partial charge in [-0.25, -0.2) is 0 Å². The number of aliphatic hydroxyl groups is 1. The maximum Gasteiger partial charge on any atom is 0.201 e. The van der Waals surface area contributed by atoms with Crippen LogP contribution in [-0.2, 0) is 0 Å². The van der Waals surface area contributed by atoms with Crippen LogP contribution in [0.1, 0.15) is 17.2 Å². The molecule has 1 aliphatic rings. The predicted molar refractivity (Wildman–Crippen MR) is 69.8 cm³/mol. The second kappa shape index (κ2) is 4.33. The van der Waals surface area contributed by atoms with Crippen LogP contribution in [0, 0.1) is 0 Å². The van der Waals surface area contributed by atoms with Crippen LogP contribution in [0.15, 0.2) is 48.5 Å². The molecule has 0 radical (unpaired) electrons. The Kier molecular flexibility index (Phi) is 2.65. The average molecular weight is 256 g/mol. The first-order chi connectivity index (χ1) is 9.16. The second-order valence-electron chi connectivity index (χ2n) is 4.30. The normalized spacial score (nSPS) is 17.3. The Morgan fingerprint density at radius 3 is 2.42 bits per heavy atom. The zero-order valence-corrected chi connectivity index (χ0v) is 9.95. The molecule has 0 saturated heterocycles. The molecule has 1 aliphatic heterocycles. The highest BCUT2D eigenvalue weighted by Gasteiger charge is 2.25. The summed E-state index contributed by atoms with van der Waals surface area (Å²) < 4.78 is 5.59. The number of phenolic OH excluding ortho intramolecular Hbond substituents is 2. The Morgan fingerprint density at radius 1 is 0.947 bits per heavy atom. The van der Waals surface area contributed by atoms with Gasteiger partial charge in [0.25, 0.3) is 0 Å². The van der Waals surface area contributed by atoms with Crippen LogP contribution in [0.25, 0.3) is 5.76 Å². The lowest BCUT2D eigenvalue weighted by Gasteiger charge is -2.23. The van der Waals surface area contributed by atoms with Gasteiger partial charge in [-0.05, 0) is 18.2 Å². The third kappa shape index (κ3) is 1.92. The number of aromatic hydroxyl groups is 2. The fraction of sp³-hybridized carbons (Fsp3) is 0.0667. The Labute approximate surface area is 109 Å². The fourth-order valence-electron chi connectivity index (χ4n) is 2.05. The lowest BCUT2D eigenvalue weighted by atomic mass is 10.0. The van der Waals surface area contributed by atoms with E-state index in [9.17, 15) is 15.3 Å². The number of aliphatic hydroxyl groups excluding tert-OH is 1. The maximum absolute atomic E-state index is 10.1. The molecule has 3 N–H and O–H groups in total. The Bertz CT molecular complexity index is 647. The lowest BCUT2D eigenvalue weighted by molar-refractivity contribution is 0.214. The fourth-order valence-corrected chi connectivity index (χ4v) is 2.05. The minimum atomic E-state index is -0.884. The molecule has 0 fully saturated rings. The summed E-state index contributed by atoms with van der Waals surface area (Å²) in [6.07, 6.45) is 0.680. The molecular formula is C15H12O4. The van der Waals surface area contributed by atoms with Crippen LogP contribution in [0.4, 0.5) is 0 Å². The van der Waals surface area contributed by atoms with E-state index in [1.807, 2.05) is 30.3 Å². The van der Waals surface area contributed by atoms with Gasteiger partial charge in [0, 0.05) is 11.1 Å². The van der Waals surface area contributed by atoms with Crippen molar-refractivity contribution < 1.29 is 20.1 Å². The number of hydrogen-bond donors (Lipinski definition) is 3. The van der Waals surface area contributed by atoms with E-state index in [0.29, 0.717) is 11.3 Å². The van der Waals surface area contributed by atoms with E-state index in [1.165, 1.54) is 12.1 Å². The van der Waals surface area contributed by atoms with Gasteiger partial charge in [0.15, 0.2) is 11.5 Å². The van der Waals surface area contributed by atoms with Crippen molar-refractivity contribution in [1.82, 2.24) is 0 Å². The summed E-state index contributed by atoms with van der Waals surface area (Å²) in [4.78, 5) is 0. The summed E-state index contributed by atoms with van der Waals surface area (Å²) in [7, 11) is 0. The summed E-state index contributed by atoms with van der Waals surface area (Å²) >= 11 is 0. The van der Waals surface area contributed by atoms with Gasteiger partial charge in [0.2, 0.25) is 5.75 Å². The average Bonchev–Trinajstić information content (AvgIpc) is 2.44. The van der Waals surface area contributed by atoms with E-state index < -0.39 is 6.10 Å². The molecule has 0 spiro atoms. The monoisotopic (exact) mass is 256 g/mol. The molecule has 0 aliphatic carbocycles. The summed E-state index contributed by atoms with van der Waals surface area (Å²) in [5.74, 6) is -0.103. The molecule has 96 valence electrons. The number of phenols is 2. The molecular weight excluding hydrogens is 244 g/mol. The van der Waals surface area contributed by atoms with E-state index in [1.54, 1.807) is 6.08 Å². The number of hydrogen-bond acceptors (Lipinski definition) is 4. The highest BCUT2D eigenvalue weighted by Crippen LogP contribution is 2.45. The SMILES string of the molecule is Oc1ccc2c(c1O)OC(c1ccccc1)=CC2O. The first kappa shape index (κ1) is 11.6. The van der Waals surface area contributed by atoms with Crippen molar-refractivity contribution >= 4 is 5.76 Å². The van der Waals surface area contributed by atoms with Crippen molar-refractivity contribution in [2.75, 3.05) is 0 Å². The zero-order chi connectivity index (χ0) is 13.4. The Morgan fingerprint density at radius 2 is 1.68 bits per heavy atom. The minimum absolute atomic E-state index is 0.0915. The van der Waals surface area contributed by atoms with Crippen LogP contribution in [0.5, 0.6) is 17.2 Å². The van der Waals surface area contributed by atoms with Gasteiger partial charge in [-0.3, -0.25) is 0 Å². The first-order valence-electron chi connectivity index (χ1n) is 5.85. The van der Waals surface area contributed by atoms with Crippen molar-refractivity contribution in [3.63, 3.8) is 0 Å². The number of ether oxygens (including phenoxy) is 1. The topological polar surface area (TPSA) is 69.9 Å². The van der Waals surface area contributed by atoms with Crippen LogP contribution >= 0.6 is 0 Å². The van der Waals surface area contributed by atoms with Crippen molar-refractivity contribution in [2.24, 2.45) is 0 Å². The van der Waals surface area contributed by atoms with Crippen LogP contribution < -0.4 is 4.74 Å². The molecule has 0 aromatic heterocycles. The van der Waals surface area contributed by atoms with Gasteiger partial charge in [-0.1, -0.05) is 30.3 Å². The molecule has 0 amide bonds. The molecule has 4 nitrogen and oxygen atoms in total. The third-order valence-corrected chi connectivity index (χ3v) is 3.04. The lowest BCUT2D eigenvalue weighted by Crippen LogP contribution is -2.08. The molecule has 1 heterocycles. The summed E-state index contributed by atoms with van der Waals surface area (Å²) in [5, 5.41) is 29.4. The predicted octanol–water partition coefficient (Wildman–Crippen LogP) is 2.56. The standard InChI is InChI=1S/C15H12O4/c16-11-7-6-10-12(17)8-13(19-15(10)14(11)18)9-4-2-1-3-5-9/h1-8,12,16-18H. The quantitative estimate of drug-likeness (QED) is 0.686. The first-order valence-corrected chi connectivity index (χ1v) is 5.85. The Hall–Kier alpha value is -2.46. The maximum atomic E-state index is 10.1. The molecule has 0 bridgehead atoms. The highest BCUT2D eigenvalue weighted by molar-refractivity contribution is 5.69. The van der Waals surface area contributed by atoms with E-state index in [0.717, 1.165) is 5.56 Å². The van der Waals surface area contributed by atoms with Gasteiger partial charge < -0.3 is 20.1 Å². The van der Waals surface area contributed by atoms with E-state index in [2.05, 4.69) is 0 Å². The van der Waals surface area contributed by atoms with Crippen LogP contribution in [-0.4, -0.2) is 15.3 Å². The molecule has 2 aromatic rings. The molecule has 1 atom stereocenters. The van der Waals surface area contributed by atoms with Gasteiger partial charge in [0.05, 0.1) is 0 Å².